The molecule has 0 saturated carbocycles. The maximum absolute atomic E-state index is 13.3. The second kappa shape index (κ2) is 9.70. The Morgan fingerprint density at radius 3 is 2.61 bits per heavy atom. The minimum absolute atomic E-state index is 0.173. The minimum atomic E-state index is -1.04. The molecule has 5 rings (SSSR count). The summed E-state index contributed by atoms with van der Waals surface area (Å²) in [6, 6.07) is 3.37. The molecule has 0 radical (unpaired) electrons. The molecule has 4 aromatic heterocycles. The molecule has 1 N–H and O–H groups in total. The predicted molar refractivity (Wildman–Crippen MR) is 138 cm³/mol. The Labute approximate surface area is 219 Å². The molecule has 38 heavy (non-hydrogen) atoms. The maximum atomic E-state index is 13.3. The highest BCUT2D eigenvalue weighted by atomic mass is 32.1. The number of nitrogens with zero attached hydrogens (tertiary/aromatic N) is 6. The molecule has 1 amide bonds. The number of pyridine rings is 2. The van der Waals surface area contributed by atoms with Crippen molar-refractivity contribution in [2.75, 3.05) is 30.4 Å². The Morgan fingerprint density at radius 2 is 1.97 bits per heavy atom. The van der Waals surface area contributed by atoms with Gasteiger partial charge >= 0.3 is 11.9 Å². The molecule has 196 valence electrons. The maximum Gasteiger partial charge on any atom is 0.351 e. The zero-order valence-corrected chi connectivity index (χ0v) is 21.7. The van der Waals surface area contributed by atoms with Crippen molar-refractivity contribution in [3.8, 4) is 11.0 Å². The first-order valence-corrected chi connectivity index (χ1v) is 12.4. The average molecular weight is 538 g/mol. The Morgan fingerprint density at radius 1 is 1.21 bits per heavy atom. The van der Waals surface area contributed by atoms with Crippen LogP contribution in [0, 0.1) is 12.8 Å². The van der Waals surface area contributed by atoms with Crippen molar-refractivity contribution in [3.63, 3.8) is 0 Å². The van der Waals surface area contributed by atoms with E-state index >= 15 is 0 Å². The van der Waals surface area contributed by atoms with Gasteiger partial charge in [0.25, 0.3) is 0 Å². The number of amides is 1. The Hall–Kier alpha value is -4.59. The fourth-order valence-corrected chi connectivity index (χ4v) is 4.83. The zero-order chi connectivity index (χ0) is 27.1. The molecule has 0 atom stereocenters. The number of nitrogens with one attached hydrogen (secondary N) is 1. The molecule has 0 aromatic carbocycles. The van der Waals surface area contributed by atoms with Crippen LogP contribution in [0.5, 0.6) is 5.88 Å². The summed E-state index contributed by atoms with van der Waals surface area (Å²) in [6.45, 7) is 3.65. The van der Waals surface area contributed by atoms with Crippen LogP contribution in [-0.2, 0) is 21.4 Å². The summed E-state index contributed by atoms with van der Waals surface area (Å²) in [5.41, 5.74) is -0.0197. The second-order valence-electron chi connectivity index (χ2n) is 8.72. The van der Waals surface area contributed by atoms with E-state index in [0.29, 0.717) is 46.9 Å². The SMILES string of the molecule is COc1cc(NC(=O)C2CN(c3cc(C)c4c(=O)c(C(=O)OC(C)=O)cn(-c5nccs5)c4n3)C2)nn1C. The van der Waals surface area contributed by atoms with E-state index in [0.717, 1.165) is 6.92 Å². The van der Waals surface area contributed by atoms with Crippen LogP contribution in [0.25, 0.3) is 16.2 Å². The van der Waals surface area contributed by atoms with Crippen LogP contribution in [0.2, 0.25) is 0 Å². The van der Waals surface area contributed by atoms with Crippen molar-refractivity contribution in [3.05, 3.63) is 51.3 Å². The van der Waals surface area contributed by atoms with Crippen LogP contribution >= 0.6 is 11.3 Å². The van der Waals surface area contributed by atoms with Gasteiger partial charge in [0.2, 0.25) is 17.2 Å². The van der Waals surface area contributed by atoms with Crippen molar-refractivity contribution in [1.29, 1.82) is 0 Å². The molecule has 14 heteroatoms. The summed E-state index contributed by atoms with van der Waals surface area (Å²) in [5.74, 6) is -0.824. The predicted octanol–water partition coefficient (Wildman–Crippen LogP) is 1.67. The van der Waals surface area contributed by atoms with Crippen molar-refractivity contribution < 1.29 is 23.9 Å². The van der Waals surface area contributed by atoms with Gasteiger partial charge < -0.3 is 19.7 Å². The number of methoxy groups -OCH3 is 1. The topological polar surface area (TPSA) is 151 Å². The Balaban J connectivity index is 1.45. The van der Waals surface area contributed by atoms with E-state index in [9.17, 15) is 19.2 Å². The van der Waals surface area contributed by atoms with Gasteiger partial charge in [0.1, 0.15) is 11.4 Å². The van der Waals surface area contributed by atoms with Crippen molar-refractivity contribution >= 4 is 51.9 Å². The molecular formula is C24H23N7O6S. The van der Waals surface area contributed by atoms with Gasteiger partial charge in [-0.05, 0) is 18.6 Å². The number of hydrogen-bond acceptors (Lipinski definition) is 11. The molecule has 0 unspecified atom stereocenters. The van der Waals surface area contributed by atoms with Gasteiger partial charge in [-0.15, -0.1) is 11.3 Å². The van der Waals surface area contributed by atoms with Gasteiger partial charge in [0, 0.05) is 50.9 Å². The molecule has 1 aliphatic rings. The summed E-state index contributed by atoms with van der Waals surface area (Å²) in [6.07, 6.45) is 2.88. The third-order valence-electron chi connectivity index (χ3n) is 6.10. The quantitative estimate of drug-likeness (QED) is 0.284. The first-order valence-electron chi connectivity index (χ1n) is 11.5. The van der Waals surface area contributed by atoms with Gasteiger partial charge in [0.15, 0.2) is 16.6 Å². The summed E-state index contributed by atoms with van der Waals surface area (Å²) in [4.78, 5) is 60.7. The van der Waals surface area contributed by atoms with Crippen LogP contribution in [0.1, 0.15) is 22.8 Å². The molecule has 1 fully saturated rings. The number of esters is 2. The molecule has 1 saturated heterocycles. The smallest absolute Gasteiger partial charge is 0.351 e. The monoisotopic (exact) mass is 537 g/mol. The number of carbonyl (C=O) groups excluding carboxylic acids is 3. The Bertz CT molecular complexity index is 1640. The van der Waals surface area contributed by atoms with Crippen molar-refractivity contribution in [2.45, 2.75) is 13.8 Å². The van der Waals surface area contributed by atoms with Gasteiger partial charge in [-0.2, -0.15) is 5.10 Å². The summed E-state index contributed by atoms with van der Waals surface area (Å²) in [5, 5.41) is 9.44. The van der Waals surface area contributed by atoms with Crippen LogP contribution in [0.3, 0.4) is 0 Å². The fraction of sp³-hybridized carbons (Fsp3) is 0.292. The van der Waals surface area contributed by atoms with E-state index < -0.39 is 17.4 Å². The largest absolute Gasteiger partial charge is 0.481 e. The van der Waals surface area contributed by atoms with Gasteiger partial charge in [0.05, 0.1) is 18.4 Å². The third kappa shape index (κ3) is 4.49. The summed E-state index contributed by atoms with van der Waals surface area (Å²) < 4.78 is 12.9. The number of thiazole rings is 1. The fourth-order valence-electron chi connectivity index (χ4n) is 4.21. The number of anilines is 2. The lowest BCUT2D eigenvalue weighted by Crippen LogP contribution is -2.52. The number of fused-ring (bicyclic) bond motifs is 1. The van der Waals surface area contributed by atoms with E-state index in [4.69, 9.17) is 9.72 Å². The lowest BCUT2D eigenvalue weighted by Gasteiger charge is -2.39. The molecule has 0 bridgehead atoms. The van der Waals surface area contributed by atoms with Gasteiger partial charge in [-0.3, -0.25) is 19.0 Å². The lowest BCUT2D eigenvalue weighted by molar-refractivity contribution is -0.135. The van der Waals surface area contributed by atoms with Gasteiger partial charge in [-0.25, -0.2) is 19.4 Å². The van der Waals surface area contributed by atoms with E-state index in [2.05, 4.69) is 20.1 Å². The number of ether oxygens (including phenoxy) is 2. The normalized spacial score (nSPS) is 13.3. The standard InChI is InChI=1S/C24H23N7O6S/c1-12-7-17(30-9-14(10-30)22(34)26-16-8-18(36-4)29(3)28-16)27-21-19(12)20(33)15(23(35)37-13(2)32)11-31(21)24-25-5-6-38-24/h5-8,11,14H,9-10H2,1-4H3,(H,26,28,34). The van der Waals surface area contributed by atoms with E-state index in [-0.39, 0.29) is 22.8 Å². The average Bonchev–Trinajstić information content (AvgIpc) is 3.47. The molecule has 4 aromatic rings. The number of rotatable bonds is 6. The third-order valence-corrected chi connectivity index (χ3v) is 6.87. The summed E-state index contributed by atoms with van der Waals surface area (Å²) >= 11 is 1.29. The first kappa shape index (κ1) is 25.1. The van der Waals surface area contributed by atoms with E-state index in [1.54, 1.807) is 37.7 Å². The van der Waals surface area contributed by atoms with Crippen LogP contribution < -0.4 is 20.4 Å². The number of carbonyl (C=O) groups is 3. The van der Waals surface area contributed by atoms with Crippen molar-refractivity contribution in [2.24, 2.45) is 13.0 Å². The Kier molecular flexibility index (Phi) is 6.40. The highest BCUT2D eigenvalue weighted by Crippen LogP contribution is 2.29. The van der Waals surface area contributed by atoms with Crippen LogP contribution in [0.4, 0.5) is 11.6 Å². The second-order valence-corrected chi connectivity index (χ2v) is 9.59. The lowest BCUT2D eigenvalue weighted by atomic mass is 9.98. The number of aromatic nitrogens is 5. The molecule has 5 heterocycles. The van der Waals surface area contributed by atoms with Crippen molar-refractivity contribution in [1.82, 2.24) is 24.3 Å². The zero-order valence-electron chi connectivity index (χ0n) is 20.9. The number of hydrogen-bond donors (Lipinski definition) is 1. The molecule has 1 aliphatic heterocycles. The van der Waals surface area contributed by atoms with Crippen LogP contribution in [-0.4, -0.2) is 62.4 Å². The minimum Gasteiger partial charge on any atom is -0.481 e. The highest BCUT2D eigenvalue weighted by molar-refractivity contribution is 7.12. The molecular weight excluding hydrogens is 514 g/mol. The van der Waals surface area contributed by atoms with Gasteiger partial charge in [-0.1, -0.05) is 0 Å². The number of aryl methyl sites for hydroxylation is 2. The molecule has 13 nitrogen and oxygen atoms in total. The highest BCUT2D eigenvalue weighted by Gasteiger charge is 2.35. The van der Waals surface area contributed by atoms with E-state index in [1.165, 1.54) is 33.9 Å². The van der Waals surface area contributed by atoms with E-state index in [1.807, 2.05) is 4.90 Å². The summed E-state index contributed by atoms with van der Waals surface area (Å²) in [7, 11) is 3.24. The molecule has 0 aliphatic carbocycles. The van der Waals surface area contributed by atoms with Crippen LogP contribution in [0.15, 0.2) is 34.7 Å². The molecule has 0 spiro atoms. The first-order chi connectivity index (χ1) is 18.2.